The van der Waals surface area contributed by atoms with Crippen LogP contribution < -0.4 is 5.32 Å². The largest absolute Gasteiger partial charge is 0.319 e. The molecule has 1 aliphatic rings. The van der Waals surface area contributed by atoms with Gasteiger partial charge in [-0.3, -0.25) is 4.90 Å². The quantitative estimate of drug-likeness (QED) is 0.885. The lowest BCUT2D eigenvalue weighted by atomic mass is 9.84. The third kappa shape index (κ3) is 3.80. The molecule has 2 nitrogen and oxygen atoms in total. The topological polar surface area (TPSA) is 15.3 Å². The molecule has 0 bridgehead atoms. The number of nitrogens with one attached hydrogen (secondary N) is 1. The molecule has 0 saturated carbocycles. The first-order valence-corrected chi connectivity index (χ1v) is 8.19. The molecule has 0 aliphatic carbocycles. The van der Waals surface area contributed by atoms with Crippen LogP contribution in [0.15, 0.2) is 28.7 Å². The lowest BCUT2D eigenvalue weighted by molar-refractivity contribution is 0.0924. The molecule has 1 aliphatic heterocycles. The number of rotatable bonds is 5. The van der Waals surface area contributed by atoms with E-state index in [0.29, 0.717) is 6.04 Å². The van der Waals surface area contributed by atoms with Gasteiger partial charge < -0.3 is 5.32 Å². The van der Waals surface area contributed by atoms with Crippen LogP contribution in [0.25, 0.3) is 0 Å². The van der Waals surface area contributed by atoms with Crippen LogP contribution >= 0.6 is 15.9 Å². The van der Waals surface area contributed by atoms with E-state index in [4.69, 9.17) is 0 Å². The summed E-state index contributed by atoms with van der Waals surface area (Å²) in [7, 11) is 2.07. The first-order chi connectivity index (χ1) is 9.26. The van der Waals surface area contributed by atoms with Gasteiger partial charge in [0, 0.05) is 10.5 Å². The first kappa shape index (κ1) is 15.0. The van der Waals surface area contributed by atoms with Gasteiger partial charge >= 0.3 is 0 Å². The zero-order valence-electron chi connectivity index (χ0n) is 12.0. The fourth-order valence-electron chi connectivity index (χ4n) is 3.31. The van der Waals surface area contributed by atoms with Crippen molar-refractivity contribution in [1.29, 1.82) is 0 Å². The van der Waals surface area contributed by atoms with Gasteiger partial charge in [0.1, 0.15) is 0 Å². The number of hydrogen-bond acceptors (Lipinski definition) is 2. The van der Waals surface area contributed by atoms with Crippen molar-refractivity contribution in [2.45, 2.75) is 32.2 Å². The molecular formula is C16H25BrN2. The zero-order valence-corrected chi connectivity index (χ0v) is 13.6. The van der Waals surface area contributed by atoms with Crippen molar-refractivity contribution in [3.05, 3.63) is 34.3 Å². The van der Waals surface area contributed by atoms with E-state index in [2.05, 4.69) is 64.4 Å². The van der Waals surface area contributed by atoms with Crippen molar-refractivity contribution in [3.8, 4) is 0 Å². The van der Waals surface area contributed by atoms with E-state index < -0.39 is 0 Å². The van der Waals surface area contributed by atoms with Gasteiger partial charge in [-0.1, -0.05) is 35.0 Å². The van der Waals surface area contributed by atoms with Gasteiger partial charge in [-0.2, -0.15) is 0 Å². The van der Waals surface area contributed by atoms with E-state index in [-0.39, 0.29) is 0 Å². The minimum Gasteiger partial charge on any atom is -0.319 e. The molecule has 19 heavy (non-hydrogen) atoms. The molecule has 1 saturated heterocycles. The Bertz CT molecular complexity index is 359. The molecule has 0 spiro atoms. The standard InChI is InChI=1S/C16H25BrN2/c1-3-10-19-11-4-5-14(12-18-2)16(19)13-6-8-15(17)9-7-13/h6-9,14,16,18H,3-5,10-12H2,1-2H3. The second-order valence-corrected chi connectivity index (χ2v) is 6.41. The number of hydrogen-bond donors (Lipinski definition) is 1. The Morgan fingerprint density at radius 3 is 2.68 bits per heavy atom. The van der Waals surface area contributed by atoms with Crippen molar-refractivity contribution in [3.63, 3.8) is 0 Å². The molecule has 2 atom stereocenters. The van der Waals surface area contributed by atoms with Crippen LogP contribution in [0.1, 0.15) is 37.8 Å². The molecule has 0 amide bonds. The van der Waals surface area contributed by atoms with E-state index in [1.54, 1.807) is 0 Å². The second-order valence-electron chi connectivity index (χ2n) is 5.49. The second kappa shape index (κ2) is 7.41. The summed E-state index contributed by atoms with van der Waals surface area (Å²) >= 11 is 3.54. The minimum atomic E-state index is 0.578. The average Bonchev–Trinajstić information content (AvgIpc) is 2.41. The normalized spacial score (nSPS) is 24.6. The molecule has 0 radical (unpaired) electrons. The van der Waals surface area contributed by atoms with Gasteiger partial charge in [0.2, 0.25) is 0 Å². The highest BCUT2D eigenvalue weighted by molar-refractivity contribution is 9.10. The highest BCUT2D eigenvalue weighted by Gasteiger charge is 2.31. The van der Waals surface area contributed by atoms with Crippen LogP contribution in [0.2, 0.25) is 0 Å². The molecule has 2 unspecified atom stereocenters. The highest BCUT2D eigenvalue weighted by atomic mass is 79.9. The highest BCUT2D eigenvalue weighted by Crippen LogP contribution is 2.36. The Morgan fingerprint density at radius 1 is 1.32 bits per heavy atom. The van der Waals surface area contributed by atoms with E-state index in [1.165, 1.54) is 42.4 Å². The van der Waals surface area contributed by atoms with E-state index in [9.17, 15) is 0 Å². The van der Waals surface area contributed by atoms with Gasteiger partial charge in [0.25, 0.3) is 0 Å². The predicted octanol–water partition coefficient (Wildman–Crippen LogP) is 3.83. The Hall–Kier alpha value is -0.380. The number of likely N-dealkylation sites (tertiary alicyclic amines) is 1. The third-order valence-electron chi connectivity index (χ3n) is 4.05. The van der Waals surface area contributed by atoms with Crippen molar-refractivity contribution < 1.29 is 0 Å². The summed E-state index contributed by atoms with van der Waals surface area (Å²) in [5, 5.41) is 3.38. The summed E-state index contributed by atoms with van der Waals surface area (Å²) in [4.78, 5) is 2.68. The molecule has 1 aromatic rings. The number of piperidine rings is 1. The fourth-order valence-corrected chi connectivity index (χ4v) is 3.57. The van der Waals surface area contributed by atoms with Gasteiger partial charge in [-0.15, -0.1) is 0 Å². The van der Waals surface area contributed by atoms with Gasteiger partial charge in [0.05, 0.1) is 0 Å². The maximum atomic E-state index is 3.54. The SMILES string of the molecule is CCCN1CCCC(CNC)C1c1ccc(Br)cc1. The summed E-state index contributed by atoms with van der Waals surface area (Å²) in [5.74, 6) is 0.728. The molecular weight excluding hydrogens is 300 g/mol. The Balaban J connectivity index is 2.23. The van der Waals surface area contributed by atoms with Crippen LogP contribution in [0.5, 0.6) is 0 Å². The molecule has 2 rings (SSSR count). The molecule has 1 fully saturated rings. The first-order valence-electron chi connectivity index (χ1n) is 7.40. The fraction of sp³-hybridized carbons (Fsp3) is 0.625. The molecule has 106 valence electrons. The maximum Gasteiger partial charge on any atom is 0.0388 e. The van der Waals surface area contributed by atoms with Crippen LogP contribution in [-0.4, -0.2) is 31.6 Å². The average molecular weight is 325 g/mol. The number of benzene rings is 1. The van der Waals surface area contributed by atoms with Crippen molar-refractivity contribution >= 4 is 15.9 Å². The van der Waals surface area contributed by atoms with Crippen LogP contribution in [0.3, 0.4) is 0 Å². The molecule has 1 aromatic carbocycles. The third-order valence-corrected chi connectivity index (χ3v) is 4.58. The molecule has 1 N–H and O–H groups in total. The van der Waals surface area contributed by atoms with E-state index in [0.717, 1.165) is 12.5 Å². The number of halogens is 1. The Morgan fingerprint density at radius 2 is 2.05 bits per heavy atom. The van der Waals surface area contributed by atoms with Crippen molar-refractivity contribution in [2.24, 2.45) is 5.92 Å². The van der Waals surface area contributed by atoms with E-state index in [1.807, 2.05) is 0 Å². The minimum absolute atomic E-state index is 0.578. The summed E-state index contributed by atoms with van der Waals surface area (Å²) in [5.41, 5.74) is 1.47. The lowest BCUT2D eigenvalue weighted by Crippen LogP contribution is -2.42. The van der Waals surface area contributed by atoms with Crippen LogP contribution in [-0.2, 0) is 0 Å². The predicted molar refractivity (Wildman–Crippen MR) is 85.4 cm³/mol. The Kier molecular flexibility index (Phi) is 5.86. The molecule has 1 heterocycles. The smallest absolute Gasteiger partial charge is 0.0388 e. The lowest BCUT2D eigenvalue weighted by Gasteiger charge is -2.42. The number of nitrogens with zero attached hydrogens (tertiary/aromatic N) is 1. The monoisotopic (exact) mass is 324 g/mol. The van der Waals surface area contributed by atoms with Crippen LogP contribution in [0.4, 0.5) is 0 Å². The van der Waals surface area contributed by atoms with Crippen molar-refractivity contribution in [2.75, 3.05) is 26.7 Å². The maximum absolute atomic E-state index is 3.54. The molecule has 3 heteroatoms. The summed E-state index contributed by atoms with van der Waals surface area (Å²) < 4.78 is 1.17. The van der Waals surface area contributed by atoms with Gasteiger partial charge in [-0.05, 0) is 69.6 Å². The summed E-state index contributed by atoms with van der Waals surface area (Å²) in [6.07, 6.45) is 3.90. The van der Waals surface area contributed by atoms with Crippen molar-refractivity contribution in [1.82, 2.24) is 10.2 Å². The Labute approximate surface area is 125 Å². The van der Waals surface area contributed by atoms with E-state index >= 15 is 0 Å². The summed E-state index contributed by atoms with van der Waals surface area (Å²) in [6.45, 7) is 5.84. The van der Waals surface area contributed by atoms with Crippen LogP contribution in [0, 0.1) is 5.92 Å². The summed E-state index contributed by atoms with van der Waals surface area (Å²) in [6, 6.07) is 9.49. The van der Waals surface area contributed by atoms with Gasteiger partial charge in [-0.25, -0.2) is 0 Å². The molecule has 0 aromatic heterocycles. The zero-order chi connectivity index (χ0) is 13.7. The van der Waals surface area contributed by atoms with Gasteiger partial charge in [0.15, 0.2) is 0 Å².